The number of nitrogens with zero attached hydrogens (tertiary/aromatic N) is 2. The molecule has 14 heavy (non-hydrogen) atoms. The highest BCUT2D eigenvalue weighted by Crippen LogP contribution is 2.25. The van der Waals surface area contributed by atoms with E-state index in [0.29, 0.717) is 12.0 Å². The van der Waals surface area contributed by atoms with Gasteiger partial charge in [-0.2, -0.15) is 0 Å². The lowest BCUT2D eigenvalue weighted by atomic mass is 10.3. The van der Waals surface area contributed by atoms with Crippen LogP contribution in [0.4, 0.5) is 5.13 Å². The normalized spacial score (nSPS) is 21.9. The molecular weight excluding hydrogens is 220 g/mol. The number of hydrogen-bond acceptors (Lipinski definition) is 4. The maximum absolute atomic E-state index is 5.70. The number of rotatable bonds is 3. The monoisotopic (exact) mass is 232 g/mol. The largest absolute Gasteiger partial charge is 0.380 e. The van der Waals surface area contributed by atoms with Crippen molar-refractivity contribution < 1.29 is 4.74 Å². The van der Waals surface area contributed by atoms with Gasteiger partial charge in [0, 0.05) is 25.6 Å². The number of thiazole rings is 1. The second kappa shape index (κ2) is 4.47. The van der Waals surface area contributed by atoms with Crippen molar-refractivity contribution in [2.45, 2.75) is 18.4 Å². The maximum Gasteiger partial charge on any atom is 0.185 e. The van der Waals surface area contributed by atoms with Crippen LogP contribution in [0.25, 0.3) is 0 Å². The van der Waals surface area contributed by atoms with Gasteiger partial charge in [-0.3, -0.25) is 0 Å². The fourth-order valence-corrected chi connectivity index (χ4v) is 2.69. The van der Waals surface area contributed by atoms with Crippen LogP contribution in [0.5, 0.6) is 0 Å². The summed E-state index contributed by atoms with van der Waals surface area (Å²) in [6.45, 7) is 1.99. The second-order valence-electron chi connectivity index (χ2n) is 3.35. The van der Waals surface area contributed by atoms with E-state index in [-0.39, 0.29) is 0 Å². The van der Waals surface area contributed by atoms with Gasteiger partial charge in [-0.05, 0) is 6.42 Å². The highest BCUT2D eigenvalue weighted by atomic mass is 35.5. The van der Waals surface area contributed by atoms with Crippen LogP contribution in [-0.2, 0) is 10.6 Å². The van der Waals surface area contributed by atoms with E-state index >= 15 is 0 Å². The van der Waals surface area contributed by atoms with Crippen LogP contribution in [0.2, 0.25) is 0 Å². The van der Waals surface area contributed by atoms with E-state index in [1.807, 2.05) is 5.38 Å². The summed E-state index contributed by atoms with van der Waals surface area (Å²) in [5.41, 5.74) is 0.965. The molecule has 1 saturated heterocycles. The van der Waals surface area contributed by atoms with E-state index in [1.54, 1.807) is 18.4 Å². The van der Waals surface area contributed by atoms with Gasteiger partial charge >= 0.3 is 0 Å². The molecule has 2 rings (SSSR count). The third-order valence-electron chi connectivity index (χ3n) is 2.43. The van der Waals surface area contributed by atoms with Crippen molar-refractivity contribution in [1.29, 1.82) is 0 Å². The summed E-state index contributed by atoms with van der Waals surface area (Å²) in [6.07, 6.45) is 1.45. The van der Waals surface area contributed by atoms with Crippen molar-refractivity contribution in [1.82, 2.24) is 4.98 Å². The Morgan fingerprint density at radius 3 is 3.21 bits per heavy atom. The number of alkyl halides is 1. The van der Waals surface area contributed by atoms with Crippen LogP contribution in [0.15, 0.2) is 5.38 Å². The van der Waals surface area contributed by atoms with Gasteiger partial charge < -0.3 is 9.64 Å². The van der Waals surface area contributed by atoms with E-state index in [2.05, 4.69) is 9.88 Å². The molecule has 0 aromatic carbocycles. The number of anilines is 1. The molecule has 1 aromatic rings. The number of aromatic nitrogens is 1. The zero-order chi connectivity index (χ0) is 9.97. The van der Waals surface area contributed by atoms with E-state index in [9.17, 15) is 0 Å². The van der Waals surface area contributed by atoms with Gasteiger partial charge in [0.15, 0.2) is 5.13 Å². The summed E-state index contributed by atoms with van der Waals surface area (Å²) in [5.74, 6) is 0.498. The molecule has 78 valence electrons. The smallest absolute Gasteiger partial charge is 0.185 e. The topological polar surface area (TPSA) is 25.4 Å². The number of halogens is 1. The lowest BCUT2D eigenvalue weighted by Crippen LogP contribution is -2.21. The molecule has 0 radical (unpaired) electrons. The van der Waals surface area contributed by atoms with Crippen LogP contribution < -0.4 is 4.90 Å². The fourth-order valence-electron chi connectivity index (χ4n) is 1.60. The SMILES string of the molecule is COC1CCN(c2nc(CCl)cs2)C1. The van der Waals surface area contributed by atoms with Crippen molar-refractivity contribution in [3.8, 4) is 0 Å². The Kier molecular flexibility index (Phi) is 3.26. The number of hydrogen-bond donors (Lipinski definition) is 0. The Labute approximate surface area is 92.7 Å². The average molecular weight is 233 g/mol. The second-order valence-corrected chi connectivity index (χ2v) is 4.45. The van der Waals surface area contributed by atoms with Gasteiger partial charge in [-0.15, -0.1) is 22.9 Å². The van der Waals surface area contributed by atoms with Crippen LogP contribution in [0.3, 0.4) is 0 Å². The van der Waals surface area contributed by atoms with Crippen LogP contribution >= 0.6 is 22.9 Å². The fraction of sp³-hybridized carbons (Fsp3) is 0.667. The standard InChI is InChI=1S/C9H13ClN2OS/c1-13-8-2-3-12(5-8)9-11-7(4-10)6-14-9/h6,8H,2-5H2,1H3. The summed E-state index contributed by atoms with van der Waals surface area (Å²) < 4.78 is 5.31. The molecule has 0 spiro atoms. The first kappa shape index (κ1) is 10.2. The Morgan fingerprint density at radius 1 is 1.79 bits per heavy atom. The van der Waals surface area contributed by atoms with Gasteiger partial charge in [-0.1, -0.05) is 0 Å². The first-order chi connectivity index (χ1) is 6.83. The Balaban J connectivity index is 2.02. The average Bonchev–Trinajstić information content (AvgIpc) is 2.86. The molecule has 1 atom stereocenters. The molecule has 3 nitrogen and oxygen atoms in total. The molecule has 0 aliphatic carbocycles. The van der Waals surface area contributed by atoms with Gasteiger partial charge in [0.25, 0.3) is 0 Å². The number of methoxy groups -OCH3 is 1. The minimum atomic E-state index is 0.360. The lowest BCUT2D eigenvalue weighted by Gasteiger charge is -2.13. The minimum Gasteiger partial charge on any atom is -0.380 e. The summed E-state index contributed by atoms with van der Waals surface area (Å²) in [7, 11) is 1.76. The molecule has 1 aliphatic rings. The molecule has 0 amide bonds. The molecule has 1 fully saturated rings. The third-order valence-corrected chi connectivity index (χ3v) is 3.65. The molecule has 1 aromatic heterocycles. The highest BCUT2D eigenvalue weighted by Gasteiger charge is 2.23. The maximum atomic E-state index is 5.70. The van der Waals surface area contributed by atoms with E-state index in [4.69, 9.17) is 16.3 Å². The van der Waals surface area contributed by atoms with Crippen LogP contribution in [-0.4, -0.2) is 31.3 Å². The van der Waals surface area contributed by atoms with Gasteiger partial charge in [0.2, 0.25) is 0 Å². The Bertz CT molecular complexity index is 305. The summed E-state index contributed by atoms with van der Waals surface area (Å²) in [6, 6.07) is 0. The quantitative estimate of drug-likeness (QED) is 0.747. The predicted octanol–water partition coefficient (Wildman–Crippen LogP) is 2.11. The minimum absolute atomic E-state index is 0.360. The van der Waals surface area contributed by atoms with Crippen molar-refractivity contribution in [2.24, 2.45) is 0 Å². The molecule has 2 heterocycles. The van der Waals surface area contributed by atoms with Crippen molar-refractivity contribution in [2.75, 3.05) is 25.1 Å². The predicted molar refractivity (Wildman–Crippen MR) is 59.3 cm³/mol. The van der Waals surface area contributed by atoms with Gasteiger partial charge in [0.1, 0.15) is 0 Å². The molecular formula is C9H13ClN2OS. The molecule has 0 bridgehead atoms. The molecule has 1 unspecified atom stereocenters. The van der Waals surface area contributed by atoms with Crippen molar-refractivity contribution in [3.63, 3.8) is 0 Å². The van der Waals surface area contributed by atoms with E-state index in [1.165, 1.54) is 0 Å². The number of ether oxygens (including phenoxy) is 1. The van der Waals surface area contributed by atoms with Crippen LogP contribution in [0.1, 0.15) is 12.1 Å². The highest BCUT2D eigenvalue weighted by molar-refractivity contribution is 7.13. The first-order valence-electron chi connectivity index (χ1n) is 4.61. The Hall–Kier alpha value is -0.320. The zero-order valence-electron chi connectivity index (χ0n) is 8.07. The third kappa shape index (κ3) is 2.02. The summed E-state index contributed by atoms with van der Waals surface area (Å²) >= 11 is 7.36. The molecule has 0 saturated carbocycles. The van der Waals surface area contributed by atoms with E-state index < -0.39 is 0 Å². The first-order valence-corrected chi connectivity index (χ1v) is 6.03. The Morgan fingerprint density at radius 2 is 2.64 bits per heavy atom. The molecule has 0 N–H and O–H groups in total. The molecule has 1 aliphatic heterocycles. The van der Waals surface area contributed by atoms with Gasteiger partial charge in [-0.25, -0.2) is 4.98 Å². The summed E-state index contributed by atoms with van der Waals surface area (Å²) in [4.78, 5) is 6.70. The zero-order valence-corrected chi connectivity index (χ0v) is 9.64. The van der Waals surface area contributed by atoms with Crippen molar-refractivity contribution >= 4 is 28.1 Å². The lowest BCUT2D eigenvalue weighted by molar-refractivity contribution is 0.121. The van der Waals surface area contributed by atoms with Crippen molar-refractivity contribution in [3.05, 3.63) is 11.1 Å². The van der Waals surface area contributed by atoms with Gasteiger partial charge in [0.05, 0.1) is 17.7 Å². The van der Waals surface area contributed by atoms with Crippen LogP contribution in [0, 0.1) is 0 Å². The summed E-state index contributed by atoms with van der Waals surface area (Å²) in [5, 5.41) is 3.09. The van der Waals surface area contributed by atoms with E-state index in [0.717, 1.165) is 30.3 Å². The molecule has 5 heteroatoms.